The van der Waals surface area contributed by atoms with E-state index in [1.807, 2.05) is 13.8 Å². The summed E-state index contributed by atoms with van der Waals surface area (Å²) in [6, 6.07) is 1.87. The van der Waals surface area contributed by atoms with Gasteiger partial charge in [0.05, 0.1) is 5.56 Å². The molecule has 3 rings (SSSR count). The summed E-state index contributed by atoms with van der Waals surface area (Å²) >= 11 is 0. The van der Waals surface area contributed by atoms with Crippen LogP contribution in [-0.4, -0.2) is 45.0 Å². The Hall–Kier alpha value is -2.57. The number of aromatic nitrogens is 4. The first-order chi connectivity index (χ1) is 11.6. The van der Waals surface area contributed by atoms with Crippen LogP contribution in [-0.2, 0) is 0 Å². The van der Waals surface area contributed by atoms with Crippen LogP contribution in [0.3, 0.4) is 0 Å². The Bertz CT molecular complexity index is 673. The highest BCUT2D eigenvalue weighted by Crippen LogP contribution is 2.16. The van der Waals surface area contributed by atoms with Crippen molar-refractivity contribution in [2.75, 3.05) is 18.0 Å². The lowest BCUT2D eigenvalue weighted by Crippen LogP contribution is -2.48. The largest absolute Gasteiger partial charge is 0.347 e. The second-order valence-corrected chi connectivity index (χ2v) is 6.29. The SMILES string of the molecule is CC(C)c1ncc(C(=O)N[C@H]2CCCN(c3ncccn3)C2)cn1. The summed E-state index contributed by atoms with van der Waals surface area (Å²) in [7, 11) is 0. The Morgan fingerprint density at radius 2 is 1.92 bits per heavy atom. The number of hydrogen-bond acceptors (Lipinski definition) is 6. The molecule has 1 amide bonds. The minimum absolute atomic E-state index is 0.0693. The van der Waals surface area contributed by atoms with Gasteiger partial charge in [-0.1, -0.05) is 13.8 Å². The van der Waals surface area contributed by atoms with Crippen LogP contribution in [0.25, 0.3) is 0 Å². The molecule has 1 aliphatic rings. The molecule has 1 fully saturated rings. The van der Waals surface area contributed by atoms with Gasteiger partial charge in [-0.25, -0.2) is 19.9 Å². The van der Waals surface area contributed by atoms with Crippen LogP contribution >= 0.6 is 0 Å². The van der Waals surface area contributed by atoms with Gasteiger partial charge in [0.25, 0.3) is 5.91 Å². The fraction of sp³-hybridized carbons (Fsp3) is 0.471. The number of carbonyl (C=O) groups excluding carboxylic acids is 1. The smallest absolute Gasteiger partial charge is 0.254 e. The average Bonchev–Trinajstić information content (AvgIpc) is 2.63. The van der Waals surface area contributed by atoms with E-state index in [0.717, 1.165) is 25.2 Å². The molecule has 1 atom stereocenters. The first-order valence-corrected chi connectivity index (χ1v) is 8.28. The molecule has 1 saturated heterocycles. The molecule has 0 saturated carbocycles. The maximum Gasteiger partial charge on any atom is 0.254 e. The molecule has 1 aliphatic heterocycles. The number of hydrogen-bond donors (Lipinski definition) is 1. The first-order valence-electron chi connectivity index (χ1n) is 8.28. The van der Waals surface area contributed by atoms with Gasteiger partial charge in [-0.05, 0) is 18.9 Å². The van der Waals surface area contributed by atoms with Gasteiger partial charge in [0.15, 0.2) is 0 Å². The molecule has 7 heteroatoms. The number of nitrogens with zero attached hydrogens (tertiary/aromatic N) is 5. The summed E-state index contributed by atoms with van der Waals surface area (Å²) in [6.45, 7) is 5.66. The minimum atomic E-state index is -0.133. The zero-order valence-corrected chi connectivity index (χ0v) is 14.0. The van der Waals surface area contributed by atoms with Crippen molar-refractivity contribution in [3.8, 4) is 0 Å². The van der Waals surface area contributed by atoms with Crippen LogP contribution in [0, 0.1) is 0 Å². The molecule has 7 nitrogen and oxygen atoms in total. The number of carbonyl (C=O) groups is 1. The van der Waals surface area contributed by atoms with Gasteiger partial charge in [-0.3, -0.25) is 4.79 Å². The number of amides is 1. The van der Waals surface area contributed by atoms with Crippen molar-refractivity contribution >= 4 is 11.9 Å². The van der Waals surface area contributed by atoms with Crippen LogP contribution < -0.4 is 10.2 Å². The lowest BCUT2D eigenvalue weighted by atomic mass is 10.1. The number of anilines is 1. The molecule has 0 radical (unpaired) electrons. The molecule has 0 aliphatic carbocycles. The molecule has 0 spiro atoms. The van der Waals surface area contributed by atoms with Crippen molar-refractivity contribution in [1.82, 2.24) is 25.3 Å². The molecule has 126 valence electrons. The second kappa shape index (κ2) is 7.33. The maximum atomic E-state index is 12.4. The Morgan fingerprint density at radius 1 is 1.21 bits per heavy atom. The van der Waals surface area contributed by atoms with Crippen molar-refractivity contribution in [3.05, 3.63) is 42.2 Å². The summed E-state index contributed by atoms with van der Waals surface area (Å²) in [4.78, 5) is 31.6. The van der Waals surface area contributed by atoms with E-state index in [1.54, 1.807) is 30.9 Å². The van der Waals surface area contributed by atoms with Crippen LogP contribution in [0.15, 0.2) is 30.9 Å². The van der Waals surface area contributed by atoms with Gasteiger partial charge < -0.3 is 10.2 Å². The quantitative estimate of drug-likeness (QED) is 0.922. The summed E-state index contributed by atoms with van der Waals surface area (Å²) < 4.78 is 0. The highest BCUT2D eigenvalue weighted by molar-refractivity contribution is 5.93. The summed E-state index contributed by atoms with van der Waals surface area (Å²) in [5.74, 6) is 1.57. The molecule has 0 unspecified atom stereocenters. The van der Waals surface area contributed by atoms with E-state index in [4.69, 9.17) is 0 Å². The third kappa shape index (κ3) is 3.84. The highest BCUT2D eigenvalue weighted by Gasteiger charge is 2.23. The van der Waals surface area contributed by atoms with E-state index in [0.29, 0.717) is 18.1 Å². The first kappa shape index (κ1) is 16.3. The lowest BCUT2D eigenvalue weighted by molar-refractivity contribution is 0.0932. The van der Waals surface area contributed by atoms with Crippen LogP contribution in [0.4, 0.5) is 5.95 Å². The molecular formula is C17H22N6O. The van der Waals surface area contributed by atoms with E-state index in [9.17, 15) is 4.79 Å². The van der Waals surface area contributed by atoms with Gasteiger partial charge in [0, 0.05) is 49.8 Å². The van der Waals surface area contributed by atoms with Crippen LogP contribution in [0.1, 0.15) is 48.8 Å². The standard InChI is InChI=1S/C17H22N6O/c1-12(2)15-20-9-13(10-21-15)16(24)22-14-5-3-8-23(11-14)17-18-6-4-7-19-17/h4,6-7,9-10,12,14H,3,5,8,11H2,1-2H3,(H,22,24)/t14-/m0/s1. The minimum Gasteiger partial charge on any atom is -0.347 e. The zero-order valence-electron chi connectivity index (χ0n) is 14.0. The maximum absolute atomic E-state index is 12.4. The topological polar surface area (TPSA) is 83.9 Å². The number of rotatable bonds is 4. The summed E-state index contributed by atoms with van der Waals surface area (Å²) in [5, 5.41) is 3.07. The van der Waals surface area contributed by atoms with Crippen LogP contribution in [0.2, 0.25) is 0 Å². The van der Waals surface area contributed by atoms with Crippen molar-refractivity contribution in [2.24, 2.45) is 0 Å². The molecule has 0 bridgehead atoms. The molecular weight excluding hydrogens is 304 g/mol. The third-order valence-corrected chi connectivity index (χ3v) is 4.04. The normalized spacial score (nSPS) is 17.8. The lowest BCUT2D eigenvalue weighted by Gasteiger charge is -2.33. The van der Waals surface area contributed by atoms with E-state index in [2.05, 4.69) is 30.2 Å². The van der Waals surface area contributed by atoms with Crippen molar-refractivity contribution in [1.29, 1.82) is 0 Å². The van der Waals surface area contributed by atoms with E-state index in [-0.39, 0.29) is 17.9 Å². The van der Waals surface area contributed by atoms with Gasteiger partial charge in [-0.2, -0.15) is 0 Å². The molecule has 3 heterocycles. The summed E-state index contributed by atoms with van der Waals surface area (Å²) in [6.07, 6.45) is 8.60. The fourth-order valence-electron chi connectivity index (χ4n) is 2.75. The Labute approximate surface area is 141 Å². The molecule has 2 aromatic heterocycles. The van der Waals surface area contributed by atoms with Crippen LogP contribution in [0.5, 0.6) is 0 Å². The van der Waals surface area contributed by atoms with Crippen molar-refractivity contribution in [3.63, 3.8) is 0 Å². The monoisotopic (exact) mass is 326 g/mol. The van der Waals surface area contributed by atoms with Gasteiger partial charge in [-0.15, -0.1) is 0 Å². The third-order valence-electron chi connectivity index (χ3n) is 4.04. The van der Waals surface area contributed by atoms with Crippen molar-refractivity contribution in [2.45, 2.75) is 38.6 Å². The van der Waals surface area contributed by atoms with Crippen molar-refractivity contribution < 1.29 is 4.79 Å². The van der Waals surface area contributed by atoms with Gasteiger partial charge in [0.2, 0.25) is 5.95 Å². The predicted octanol–water partition coefficient (Wildman–Crippen LogP) is 1.79. The van der Waals surface area contributed by atoms with E-state index in [1.165, 1.54) is 0 Å². The Morgan fingerprint density at radius 3 is 2.58 bits per heavy atom. The highest BCUT2D eigenvalue weighted by atomic mass is 16.1. The fourth-order valence-corrected chi connectivity index (χ4v) is 2.75. The second-order valence-electron chi connectivity index (χ2n) is 6.29. The van der Waals surface area contributed by atoms with E-state index >= 15 is 0 Å². The molecule has 24 heavy (non-hydrogen) atoms. The number of piperidine rings is 1. The van der Waals surface area contributed by atoms with Gasteiger partial charge >= 0.3 is 0 Å². The van der Waals surface area contributed by atoms with Gasteiger partial charge in [0.1, 0.15) is 5.82 Å². The number of nitrogens with one attached hydrogen (secondary N) is 1. The Balaban J connectivity index is 1.61. The summed E-state index contributed by atoms with van der Waals surface area (Å²) in [5.41, 5.74) is 0.493. The van der Waals surface area contributed by atoms with E-state index < -0.39 is 0 Å². The average molecular weight is 326 g/mol. The predicted molar refractivity (Wildman–Crippen MR) is 90.9 cm³/mol. The zero-order chi connectivity index (χ0) is 16.9. The molecule has 2 aromatic rings. The molecule has 0 aromatic carbocycles. The molecule has 1 N–H and O–H groups in total. The Kier molecular flexibility index (Phi) is 4.98.